The van der Waals surface area contributed by atoms with Crippen LogP contribution in [0.25, 0.3) is 0 Å². The molecule has 6 nitrogen and oxygen atoms in total. The van der Waals surface area contributed by atoms with Crippen LogP contribution in [-0.4, -0.2) is 63.1 Å². The highest BCUT2D eigenvalue weighted by atomic mass is 32.2. The molecular weight excluding hydrogens is 278 g/mol. The van der Waals surface area contributed by atoms with Gasteiger partial charge >= 0.3 is 5.97 Å². The van der Waals surface area contributed by atoms with Crippen molar-refractivity contribution in [3.8, 4) is 0 Å². The number of likely N-dealkylation sites (tertiary alicyclic amines) is 1. The van der Waals surface area contributed by atoms with Gasteiger partial charge in [-0.05, 0) is 31.9 Å². The summed E-state index contributed by atoms with van der Waals surface area (Å²) >= 11 is 1.57. The molecule has 0 bridgehead atoms. The molecule has 2 unspecified atom stereocenters. The highest BCUT2D eigenvalue weighted by molar-refractivity contribution is 8.00. The van der Waals surface area contributed by atoms with E-state index < -0.39 is 12.0 Å². The van der Waals surface area contributed by atoms with Crippen molar-refractivity contribution in [2.45, 2.75) is 37.2 Å². The van der Waals surface area contributed by atoms with Gasteiger partial charge in [0.15, 0.2) is 0 Å². The van der Waals surface area contributed by atoms with Crippen molar-refractivity contribution >= 4 is 23.6 Å². The van der Waals surface area contributed by atoms with E-state index in [0.717, 1.165) is 25.0 Å². The molecule has 3 heterocycles. The van der Waals surface area contributed by atoms with E-state index in [2.05, 4.69) is 11.8 Å². The van der Waals surface area contributed by atoms with Gasteiger partial charge in [-0.2, -0.15) is 0 Å². The minimum Gasteiger partial charge on any atom is -0.477 e. The maximum absolute atomic E-state index is 11.8. The molecule has 20 heavy (non-hydrogen) atoms. The number of carbonyl (C=O) groups excluding carboxylic acids is 1. The van der Waals surface area contributed by atoms with Gasteiger partial charge in [0.25, 0.3) is 0 Å². The zero-order valence-electron chi connectivity index (χ0n) is 11.4. The fourth-order valence-corrected chi connectivity index (χ4v) is 4.46. The maximum Gasteiger partial charge on any atom is 0.352 e. The average molecular weight is 297 g/mol. The molecule has 3 aliphatic rings. The molecule has 3 rings (SSSR count). The third-order valence-electron chi connectivity index (χ3n) is 4.38. The first kappa shape index (κ1) is 13.9. The molecule has 0 saturated carbocycles. The molecule has 0 radical (unpaired) electrons. The van der Waals surface area contributed by atoms with Gasteiger partial charge in [-0.3, -0.25) is 14.6 Å². The highest BCUT2D eigenvalue weighted by Gasteiger charge is 2.51. The first-order chi connectivity index (χ1) is 9.50. The number of nitrogens with two attached hydrogens (primary N) is 1. The standard InChI is InChI=1S/C13H19N3O3S/c1-7-3-2-4-15(7)5-8-6-20-12-9(14)11(17)16(12)10(8)13(18)19/h7,9,12H,2-6,14H2,1H3,(H,18,19)/t7?,9?,12-/m1/s1. The van der Waals surface area contributed by atoms with E-state index in [9.17, 15) is 14.7 Å². The summed E-state index contributed by atoms with van der Waals surface area (Å²) in [4.78, 5) is 27.0. The van der Waals surface area contributed by atoms with Crippen LogP contribution in [-0.2, 0) is 9.59 Å². The quantitative estimate of drug-likeness (QED) is 0.716. The number of hydrogen-bond acceptors (Lipinski definition) is 5. The molecule has 0 aromatic rings. The van der Waals surface area contributed by atoms with Gasteiger partial charge in [0.1, 0.15) is 17.1 Å². The molecular formula is C13H19N3O3S. The molecule has 1 amide bonds. The molecule has 0 spiro atoms. The number of amides is 1. The first-order valence-corrected chi connectivity index (χ1v) is 7.95. The number of hydrogen-bond donors (Lipinski definition) is 2. The van der Waals surface area contributed by atoms with E-state index in [4.69, 9.17) is 5.73 Å². The summed E-state index contributed by atoms with van der Waals surface area (Å²) in [6.07, 6.45) is 2.30. The number of β-lactam (4-membered cyclic amide) rings is 1. The second-order valence-corrected chi connectivity index (χ2v) is 6.76. The van der Waals surface area contributed by atoms with E-state index in [0.29, 0.717) is 18.3 Å². The van der Waals surface area contributed by atoms with E-state index in [1.807, 2.05) is 0 Å². The van der Waals surface area contributed by atoms with E-state index in [-0.39, 0.29) is 17.0 Å². The second-order valence-electron chi connectivity index (χ2n) is 5.65. The van der Waals surface area contributed by atoms with Crippen LogP contribution in [0.15, 0.2) is 11.3 Å². The average Bonchev–Trinajstić information content (AvgIpc) is 2.82. The smallest absolute Gasteiger partial charge is 0.352 e. The monoisotopic (exact) mass is 297 g/mol. The zero-order valence-corrected chi connectivity index (χ0v) is 12.2. The van der Waals surface area contributed by atoms with Gasteiger partial charge < -0.3 is 10.8 Å². The Morgan fingerprint density at radius 3 is 2.90 bits per heavy atom. The first-order valence-electron chi connectivity index (χ1n) is 6.90. The largest absolute Gasteiger partial charge is 0.477 e. The van der Waals surface area contributed by atoms with E-state index >= 15 is 0 Å². The fraction of sp³-hybridized carbons (Fsp3) is 0.692. The molecule has 3 N–H and O–H groups in total. The highest BCUT2D eigenvalue weighted by Crippen LogP contribution is 2.39. The number of aliphatic carboxylic acids is 1. The predicted molar refractivity (Wildman–Crippen MR) is 76.0 cm³/mol. The molecule has 7 heteroatoms. The molecule has 0 aliphatic carbocycles. The van der Waals surface area contributed by atoms with Crippen LogP contribution in [0.2, 0.25) is 0 Å². The third kappa shape index (κ3) is 2.04. The van der Waals surface area contributed by atoms with E-state index in [1.54, 1.807) is 11.8 Å². The van der Waals surface area contributed by atoms with Crippen LogP contribution >= 0.6 is 11.8 Å². The second kappa shape index (κ2) is 5.05. The number of thioether (sulfide) groups is 1. The Hall–Kier alpha value is -1.05. The summed E-state index contributed by atoms with van der Waals surface area (Å²) in [5, 5.41) is 9.25. The van der Waals surface area contributed by atoms with Crippen molar-refractivity contribution < 1.29 is 14.7 Å². The molecule has 110 valence electrons. The van der Waals surface area contributed by atoms with Gasteiger partial charge in [0.2, 0.25) is 5.91 Å². The van der Waals surface area contributed by atoms with Gasteiger partial charge in [-0.25, -0.2) is 4.79 Å². The van der Waals surface area contributed by atoms with Crippen molar-refractivity contribution in [1.82, 2.24) is 9.80 Å². The summed E-state index contributed by atoms with van der Waals surface area (Å²) in [7, 11) is 0. The minimum atomic E-state index is -1.02. The molecule has 3 atom stereocenters. The van der Waals surface area contributed by atoms with Crippen LogP contribution in [0.1, 0.15) is 19.8 Å². The van der Waals surface area contributed by atoms with Gasteiger partial charge in [-0.15, -0.1) is 11.8 Å². The number of nitrogens with zero attached hydrogens (tertiary/aromatic N) is 2. The topological polar surface area (TPSA) is 86.9 Å². The summed E-state index contributed by atoms with van der Waals surface area (Å²) in [6, 6.07) is -0.0729. The van der Waals surface area contributed by atoms with Crippen molar-refractivity contribution in [3.05, 3.63) is 11.3 Å². The van der Waals surface area contributed by atoms with Gasteiger partial charge in [0, 0.05) is 18.3 Å². The molecule has 0 aromatic carbocycles. The Kier molecular flexibility index (Phi) is 3.51. The van der Waals surface area contributed by atoms with E-state index in [1.165, 1.54) is 4.90 Å². The summed E-state index contributed by atoms with van der Waals surface area (Å²) in [5.41, 5.74) is 6.74. The Bertz CT molecular complexity index is 493. The van der Waals surface area contributed by atoms with Crippen LogP contribution in [0, 0.1) is 0 Å². The van der Waals surface area contributed by atoms with Crippen LogP contribution in [0.3, 0.4) is 0 Å². The van der Waals surface area contributed by atoms with Crippen LogP contribution in [0.5, 0.6) is 0 Å². The Balaban J connectivity index is 1.86. The van der Waals surface area contributed by atoms with Gasteiger partial charge in [0.05, 0.1) is 0 Å². The lowest BCUT2D eigenvalue weighted by molar-refractivity contribution is -0.148. The Labute approximate surface area is 122 Å². The number of carbonyl (C=O) groups is 2. The molecule has 3 aliphatic heterocycles. The van der Waals surface area contributed by atoms with Crippen molar-refractivity contribution in [1.29, 1.82) is 0 Å². The lowest BCUT2D eigenvalue weighted by atomic mass is 10.0. The summed E-state index contributed by atoms with van der Waals surface area (Å²) in [6.45, 7) is 3.80. The number of fused-ring (bicyclic) bond motifs is 1. The van der Waals surface area contributed by atoms with Crippen molar-refractivity contribution in [2.75, 3.05) is 18.8 Å². The Morgan fingerprint density at radius 1 is 1.55 bits per heavy atom. The van der Waals surface area contributed by atoms with Crippen LogP contribution in [0.4, 0.5) is 0 Å². The molecule has 2 fully saturated rings. The lowest BCUT2D eigenvalue weighted by Crippen LogP contribution is -2.68. The lowest BCUT2D eigenvalue weighted by Gasteiger charge is -2.48. The fourth-order valence-electron chi connectivity index (χ4n) is 3.17. The molecule has 2 saturated heterocycles. The van der Waals surface area contributed by atoms with Crippen molar-refractivity contribution in [2.24, 2.45) is 5.73 Å². The number of carboxylic acid groups (broad SMARTS) is 1. The number of rotatable bonds is 3. The predicted octanol–water partition coefficient (Wildman–Crippen LogP) is 0.0518. The molecule has 0 aromatic heterocycles. The SMILES string of the molecule is CC1CCCN1CC1=C(C(=O)O)N2C(=O)C(N)[C@H]2SC1. The Morgan fingerprint density at radius 2 is 2.30 bits per heavy atom. The zero-order chi connectivity index (χ0) is 14.4. The summed E-state index contributed by atoms with van der Waals surface area (Å²) < 4.78 is 0. The minimum absolute atomic E-state index is 0.166. The number of carboxylic acids is 1. The maximum atomic E-state index is 11.8. The van der Waals surface area contributed by atoms with Crippen LogP contribution < -0.4 is 5.73 Å². The summed E-state index contributed by atoms with van der Waals surface area (Å²) in [5.74, 6) is -0.642. The van der Waals surface area contributed by atoms with Gasteiger partial charge in [-0.1, -0.05) is 0 Å². The normalized spacial score (nSPS) is 34.2. The van der Waals surface area contributed by atoms with Crippen molar-refractivity contribution in [3.63, 3.8) is 0 Å². The third-order valence-corrected chi connectivity index (χ3v) is 5.74.